The van der Waals surface area contributed by atoms with Crippen molar-refractivity contribution in [3.8, 4) is 5.75 Å². The Kier molecular flexibility index (Phi) is 4.74. The highest BCUT2D eigenvalue weighted by Gasteiger charge is 2.05. The van der Waals surface area contributed by atoms with Gasteiger partial charge in [-0.05, 0) is 28.8 Å². The number of carbonyl (C=O) groups is 1. The Morgan fingerprint density at radius 2 is 1.70 bits per heavy atom. The predicted molar refractivity (Wildman–Crippen MR) is 78.0 cm³/mol. The van der Waals surface area contributed by atoms with Crippen molar-refractivity contribution >= 4 is 5.91 Å². The minimum atomic E-state index is -0.0532. The van der Waals surface area contributed by atoms with E-state index in [0.29, 0.717) is 19.5 Å². The van der Waals surface area contributed by atoms with Crippen molar-refractivity contribution in [3.05, 3.63) is 65.2 Å². The molecule has 1 amide bonds. The molecular weight excluding hydrogens is 252 g/mol. The number of amides is 1. The van der Waals surface area contributed by atoms with E-state index in [0.717, 1.165) is 16.7 Å². The van der Waals surface area contributed by atoms with Crippen LogP contribution in [0.3, 0.4) is 0 Å². The quantitative estimate of drug-likeness (QED) is 0.774. The Morgan fingerprint density at radius 3 is 2.35 bits per heavy atom. The number of rotatable bonds is 5. The minimum Gasteiger partial charge on any atom is -0.508 e. The fraction of sp³-hybridized carbons (Fsp3) is 0.188. The standard InChI is InChI=1S/C16H18N2O2/c17-10-13-3-1-2-4-14(13)11-18-16(20)9-12-5-7-15(19)8-6-12/h1-8,19H,9-11,17H2,(H,18,20). The lowest BCUT2D eigenvalue weighted by molar-refractivity contribution is -0.120. The number of nitrogens with one attached hydrogen (secondary N) is 1. The molecule has 2 aromatic rings. The molecule has 0 aliphatic heterocycles. The second-order valence-electron chi connectivity index (χ2n) is 4.59. The third-order valence-corrected chi connectivity index (χ3v) is 3.12. The van der Waals surface area contributed by atoms with Crippen molar-refractivity contribution in [2.45, 2.75) is 19.5 Å². The number of phenolic OH excluding ortho intramolecular Hbond substituents is 1. The number of phenols is 1. The van der Waals surface area contributed by atoms with Gasteiger partial charge in [0.25, 0.3) is 0 Å². The van der Waals surface area contributed by atoms with Gasteiger partial charge < -0.3 is 16.2 Å². The molecule has 4 N–H and O–H groups in total. The van der Waals surface area contributed by atoms with Crippen molar-refractivity contribution < 1.29 is 9.90 Å². The maximum absolute atomic E-state index is 11.9. The molecule has 4 heteroatoms. The number of benzene rings is 2. The molecule has 20 heavy (non-hydrogen) atoms. The molecule has 0 saturated heterocycles. The topological polar surface area (TPSA) is 75.3 Å². The fourth-order valence-corrected chi connectivity index (χ4v) is 1.98. The van der Waals surface area contributed by atoms with E-state index in [1.54, 1.807) is 24.3 Å². The SMILES string of the molecule is NCc1ccccc1CNC(=O)Cc1ccc(O)cc1. The molecule has 0 aliphatic carbocycles. The molecular formula is C16H18N2O2. The maximum Gasteiger partial charge on any atom is 0.224 e. The lowest BCUT2D eigenvalue weighted by Crippen LogP contribution is -2.25. The van der Waals surface area contributed by atoms with Crippen LogP contribution in [0, 0.1) is 0 Å². The summed E-state index contributed by atoms with van der Waals surface area (Å²) < 4.78 is 0. The van der Waals surface area contributed by atoms with Crippen LogP contribution in [0.5, 0.6) is 5.75 Å². The molecule has 0 aromatic heterocycles. The smallest absolute Gasteiger partial charge is 0.224 e. The number of aromatic hydroxyl groups is 1. The van der Waals surface area contributed by atoms with Gasteiger partial charge in [0.2, 0.25) is 5.91 Å². The van der Waals surface area contributed by atoms with Crippen LogP contribution in [0.4, 0.5) is 0 Å². The number of hydrogen-bond acceptors (Lipinski definition) is 3. The zero-order valence-corrected chi connectivity index (χ0v) is 11.2. The predicted octanol–water partition coefficient (Wildman–Crippen LogP) is 1.71. The number of carbonyl (C=O) groups excluding carboxylic acids is 1. The fourth-order valence-electron chi connectivity index (χ4n) is 1.98. The van der Waals surface area contributed by atoms with Gasteiger partial charge in [-0.25, -0.2) is 0 Å². The second-order valence-corrected chi connectivity index (χ2v) is 4.59. The summed E-state index contributed by atoms with van der Waals surface area (Å²) in [5.41, 5.74) is 8.60. The van der Waals surface area contributed by atoms with Crippen LogP contribution in [0.25, 0.3) is 0 Å². The first-order chi connectivity index (χ1) is 9.69. The molecule has 0 saturated carbocycles. The summed E-state index contributed by atoms with van der Waals surface area (Å²) in [6, 6.07) is 14.4. The van der Waals surface area contributed by atoms with Crippen molar-refractivity contribution in [2.75, 3.05) is 0 Å². The lowest BCUT2D eigenvalue weighted by Gasteiger charge is -2.09. The van der Waals surface area contributed by atoms with Gasteiger partial charge in [-0.3, -0.25) is 4.79 Å². The second kappa shape index (κ2) is 6.73. The van der Waals surface area contributed by atoms with Crippen LogP contribution in [0.1, 0.15) is 16.7 Å². The number of nitrogens with two attached hydrogens (primary N) is 1. The van der Waals surface area contributed by atoms with Gasteiger partial charge in [-0.2, -0.15) is 0 Å². The molecule has 4 nitrogen and oxygen atoms in total. The largest absolute Gasteiger partial charge is 0.508 e. The van der Waals surface area contributed by atoms with E-state index in [2.05, 4.69) is 5.32 Å². The molecule has 0 atom stereocenters. The van der Waals surface area contributed by atoms with Crippen molar-refractivity contribution in [2.24, 2.45) is 5.73 Å². The highest BCUT2D eigenvalue weighted by atomic mass is 16.3. The lowest BCUT2D eigenvalue weighted by atomic mass is 10.1. The third-order valence-electron chi connectivity index (χ3n) is 3.12. The van der Waals surface area contributed by atoms with Crippen molar-refractivity contribution in [1.82, 2.24) is 5.32 Å². The van der Waals surface area contributed by atoms with Gasteiger partial charge in [-0.1, -0.05) is 36.4 Å². The Morgan fingerprint density at radius 1 is 1.05 bits per heavy atom. The molecule has 0 spiro atoms. The molecule has 0 radical (unpaired) electrons. The maximum atomic E-state index is 11.9. The van der Waals surface area contributed by atoms with Crippen LogP contribution in [0.2, 0.25) is 0 Å². The summed E-state index contributed by atoms with van der Waals surface area (Å²) in [6.45, 7) is 0.939. The summed E-state index contributed by atoms with van der Waals surface area (Å²) in [4.78, 5) is 11.9. The van der Waals surface area contributed by atoms with Crippen molar-refractivity contribution in [3.63, 3.8) is 0 Å². The minimum absolute atomic E-state index is 0.0532. The van der Waals surface area contributed by atoms with E-state index in [1.807, 2.05) is 24.3 Å². The summed E-state index contributed by atoms with van der Waals surface area (Å²) in [5, 5.41) is 12.1. The van der Waals surface area contributed by atoms with E-state index < -0.39 is 0 Å². The molecule has 104 valence electrons. The summed E-state index contributed by atoms with van der Waals surface area (Å²) in [7, 11) is 0. The normalized spacial score (nSPS) is 10.2. The summed E-state index contributed by atoms with van der Waals surface area (Å²) in [5.74, 6) is 0.147. The van der Waals surface area contributed by atoms with Crippen LogP contribution in [0.15, 0.2) is 48.5 Å². The van der Waals surface area contributed by atoms with Gasteiger partial charge in [0.1, 0.15) is 5.75 Å². The Labute approximate surface area is 118 Å². The van der Waals surface area contributed by atoms with Crippen LogP contribution in [-0.2, 0) is 24.3 Å². The zero-order chi connectivity index (χ0) is 14.4. The first-order valence-electron chi connectivity index (χ1n) is 6.50. The van der Waals surface area contributed by atoms with Gasteiger partial charge >= 0.3 is 0 Å². The van der Waals surface area contributed by atoms with Gasteiger partial charge in [-0.15, -0.1) is 0 Å². The molecule has 0 heterocycles. The molecule has 0 bridgehead atoms. The van der Waals surface area contributed by atoms with Crippen LogP contribution < -0.4 is 11.1 Å². The van der Waals surface area contributed by atoms with Gasteiger partial charge in [0, 0.05) is 13.1 Å². The van der Waals surface area contributed by atoms with E-state index in [9.17, 15) is 9.90 Å². The Bertz CT molecular complexity index is 579. The zero-order valence-electron chi connectivity index (χ0n) is 11.2. The Balaban J connectivity index is 1.90. The molecule has 0 aliphatic rings. The first kappa shape index (κ1) is 14.1. The first-order valence-corrected chi connectivity index (χ1v) is 6.50. The van der Waals surface area contributed by atoms with E-state index in [-0.39, 0.29) is 11.7 Å². The van der Waals surface area contributed by atoms with E-state index in [1.165, 1.54) is 0 Å². The molecule has 2 aromatic carbocycles. The monoisotopic (exact) mass is 270 g/mol. The van der Waals surface area contributed by atoms with Crippen LogP contribution >= 0.6 is 0 Å². The highest BCUT2D eigenvalue weighted by molar-refractivity contribution is 5.78. The average Bonchev–Trinajstić information content (AvgIpc) is 2.48. The molecule has 2 rings (SSSR count). The van der Waals surface area contributed by atoms with Crippen LogP contribution in [-0.4, -0.2) is 11.0 Å². The van der Waals surface area contributed by atoms with E-state index >= 15 is 0 Å². The molecule has 0 unspecified atom stereocenters. The average molecular weight is 270 g/mol. The van der Waals surface area contributed by atoms with E-state index in [4.69, 9.17) is 5.73 Å². The molecule has 0 fully saturated rings. The summed E-state index contributed by atoms with van der Waals surface area (Å²) >= 11 is 0. The van der Waals surface area contributed by atoms with Crippen molar-refractivity contribution in [1.29, 1.82) is 0 Å². The highest BCUT2D eigenvalue weighted by Crippen LogP contribution is 2.10. The van der Waals surface area contributed by atoms with Gasteiger partial charge in [0.05, 0.1) is 6.42 Å². The third kappa shape index (κ3) is 3.83. The van der Waals surface area contributed by atoms with Gasteiger partial charge in [0.15, 0.2) is 0 Å². The summed E-state index contributed by atoms with van der Waals surface area (Å²) in [6.07, 6.45) is 0.297. The number of hydrogen-bond donors (Lipinski definition) is 3. The Hall–Kier alpha value is -2.33.